The molecule has 1 heterocycles. The van der Waals surface area contributed by atoms with Gasteiger partial charge in [-0.25, -0.2) is 0 Å². The van der Waals surface area contributed by atoms with E-state index in [1.54, 1.807) is 0 Å². The van der Waals surface area contributed by atoms with E-state index in [4.69, 9.17) is 5.73 Å². The fourth-order valence-electron chi connectivity index (χ4n) is 2.96. The smallest absolute Gasteiger partial charge is 0.227 e. The summed E-state index contributed by atoms with van der Waals surface area (Å²) >= 11 is 0. The highest BCUT2D eigenvalue weighted by atomic mass is 35.5. The van der Waals surface area contributed by atoms with Gasteiger partial charge in [0, 0.05) is 24.3 Å². The number of nitrogen functional groups attached to an aromatic ring is 1. The first-order valence-electron chi connectivity index (χ1n) is 6.93. The number of carbonyl (C=O) groups excluding carboxylic acids is 1. The summed E-state index contributed by atoms with van der Waals surface area (Å²) in [5.74, 6) is 0.912. The molecule has 19 heavy (non-hydrogen) atoms. The summed E-state index contributed by atoms with van der Waals surface area (Å²) in [5.41, 5.74) is 9.04. The van der Waals surface area contributed by atoms with Gasteiger partial charge in [0.25, 0.3) is 0 Å². The number of hydrogen-bond acceptors (Lipinski definition) is 2. The largest absolute Gasteiger partial charge is 0.398 e. The minimum absolute atomic E-state index is 0. The fourth-order valence-corrected chi connectivity index (χ4v) is 2.96. The van der Waals surface area contributed by atoms with E-state index in [-0.39, 0.29) is 18.3 Å². The maximum atomic E-state index is 12.4. The number of rotatable bonds is 2. The number of nitrogens with zero attached hydrogens (tertiary/aromatic N) is 1. The van der Waals surface area contributed by atoms with Crippen molar-refractivity contribution in [3.63, 3.8) is 0 Å². The molecular formula is C15H21ClN2O. The third-order valence-electron chi connectivity index (χ3n) is 4.28. The predicted octanol–water partition coefficient (Wildman–Crippen LogP) is 3.16. The Morgan fingerprint density at radius 1 is 1.32 bits per heavy atom. The van der Waals surface area contributed by atoms with Crippen LogP contribution in [0.5, 0.6) is 0 Å². The van der Waals surface area contributed by atoms with E-state index >= 15 is 0 Å². The molecule has 1 aliphatic carbocycles. The van der Waals surface area contributed by atoms with Crippen molar-refractivity contribution in [2.75, 3.05) is 17.2 Å². The minimum Gasteiger partial charge on any atom is -0.398 e. The maximum absolute atomic E-state index is 12.4. The number of benzene rings is 1. The Morgan fingerprint density at radius 3 is 2.79 bits per heavy atom. The van der Waals surface area contributed by atoms with Crippen molar-refractivity contribution in [1.82, 2.24) is 0 Å². The van der Waals surface area contributed by atoms with Crippen LogP contribution in [0.15, 0.2) is 18.2 Å². The summed E-state index contributed by atoms with van der Waals surface area (Å²) in [7, 11) is 0. The lowest BCUT2D eigenvalue weighted by Crippen LogP contribution is -2.37. The van der Waals surface area contributed by atoms with E-state index in [0.29, 0.717) is 12.3 Å². The molecule has 0 saturated heterocycles. The van der Waals surface area contributed by atoms with Crippen LogP contribution in [0.25, 0.3) is 0 Å². The van der Waals surface area contributed by atoms with E-state index in [1.807, 2.05) is 23.1 Å². The summed E-state index contributed by atoms with van der Waals surface area (Å²) < 4.78 is 0. The molecule has 0 aromatic heterocycles. The highest BCUT2D eigenvalue weighted by Crippen LogP contribution is 2.34. The molecule has 1 aromatic carbocycles. The second-order valence-corrected chi connectivity index (χ2v) is 5.49. The molecule has 1 saturated carbocycles. The Labute approximate surface area is 120 Å². The minimum atomic E-state index is 0. The number of anilines is 2. The zero-order valence-electron chi connectivity index (χ0n) is 11.1. The van der Waals surface area contributed by atoms with E-state index in [9.17, 15) is 4.79 Å². The average Bonchev–Trinajstić information content (AvgIpc) is 2.33. The number of halogens is 1. The topological polar surface area (TPSA) is 46.3 Å². The van der Waals surface area contributed by atoms with E-state index in [2.05, 4.69) is 0 Å². The molecule has 104 valence electrons. The lowest BCUT2D eigenvalue weighted by Gasteiger charge is -2.33. The van der Waals surface area contributed by atoms with Crippen LogP contribution in [-0.4, -0.2) is 12.5 Å². The lowest BCUT2D eigenvalue weighted by atomic mass is 9.82. The summed E-state index contributed by atoms with van der Waals surface area (Å²) in [6.45, 7) is 0.849. The van der Waals surface area contributed by atoms with Gasteiger partial charge in [-0.2, -0.15) is 0 Å². The van der Waals surface area contributed by atoms with Crippen LogP contribution in [0.2, 0.25) is 0 Å². The summed E-state index contributed by atoms with van der Waals surface area (Å²) in [6.07, 6.45) is 6.48. The second kappa shape index (κ2) is 5.83. The Hall–Kier alpha value is -1.22. The van der Waals surface area contributed by atoms with Gasteiger partial charge in [0.1, 0.15) is 0 Å². The normalized spacial score (nSPS) is 18.2. The Bertz CT molecular complexity index is 471. The summed E-state index contributed by atoms with van der Waals surface area (Å²) in [6, 6.07) is 5.91. The van der Waals surface area contributed by atoms with Crippen LogP contribution in [0.1, 0.15) is 37.7 Å². The number of amides is 1. The van der Waals surface area contributed by atoms with Crippen LogP contribution in [0, 0.1) is 5.92 Å². The molecular weight excluding hydrogens is 260 g/mol. The first-order valence-corrected chi connectivity index (χ1v) is 6.93. The number of hydrogen-bond donors (Lipinski definition) is 1. The standard InChI is InChI=1S/C15H20N2O.ClH/c16-13-7-2-8-14-12(13)6-3-9-17(14)15(18)10-11-4-1-5-11;/h2,7-8,11H,1,3-6,9-10,16H2;1H. The SMILES string of the molecule is Cl.Nc1cccc2c1CCCN2C(=O)CC1CCC1. The Kier molecular flexibility index (Phi) is 4.35. The van der Waals surface area contributed by atoms with Crippen LogP contribution >= 0.6 is 12.4 Å². The molecule has 3 nitrogen and oxygen atoms in total. The molecule has 0 atom stereocenters. The van der Waals surface area contributed by atoms with Crippen molar-refractivity contribution >= 4 is 29.7 Å². The monoisotopic (exact) mass is 280 g/mol. The van der Waals surface area contributed by atoms with Crippen LogP contribution in [0.4, 0.5) is 11.4 Å². The van der Waals surface area contributed by atoms with Gasteiger partial charge in [-0.05, 0) is 49.3 Å². The highest BCUT2D eigenvalue weighted by Gasteiger charge is 2.27. The van der Waals surface area contributed by atoms with Crippen LogP contribution in [-0.2, 0) is 11.2 Å². The molecule has 1 fully saturated rings. The fraction of sp³-hybridized carbons (Fsp3) is 0.533. The molecule has 0 bridgehead atoms. The zero-order valence-corrected chi connectivity index (χ0v) is 11.9. The molecule has 2 aliphatic rings. The number of nitrogens with two attached hydrogens (primary N) is 1. The number of fused-ring (bicyclic) bond motifs is 1. The first-order chi connectivity index (χ1) is 8.75. The van der Waals surface area contributed by atoms with Gasteiger partial charge in [0.2, 0.25) is 5.91 Å². The van der Waals surface area contributed by atoms with Crippen LogP contribution < -0.4 is 10.6 Å². The van der Waals surface area contributed by atoms with Crippen molar-refractivity contribution in [2.24, 2.45) is 5.92 Å². The van der Waals surface area contributed by atoms with Gasteiger partial charge in [-0.15, -0.1) is 12.4 Å². The predicted molar refractivity (Wildman–Crippen MR) is 80.7 cm³/mol. The van der Waals surface area contributed by atoms with E-state index in [1.165, 1.54) is 19.3 Å². The van der Waals surface area contributed by atoms with Crippen molar-refractivity contribution in [1.29, 1.82) is 0 Å². The molecule has 0 unspecified atom stereocenters. The molecule has 3 rings (SSSR count). The molecule has 0 radical (unpaired) electrons. The van der Waals surface area contributed by atoms with Crippen molar-refractivity contribution < 1.29 is 4.79 Å². The maximum Gasteiger partial charge on any atom is 0.227 e. The third kappa shape index (κ3) is 2.71. The molecule has 4 heteroatoms. The van der Waals surface area contributed by atoms with E-state index in [0.717, 1.165) is 36.3 Å². The highest BCUT2D eigenvalue weighted by molar-refractivity contribution is 5.95. The molecule has 1 aromatic rings. The third-order valence-corrected chi connectivity index (χ3v) is 4.28. The molecule has 1 amide bonds. The second-order valence-electron chi connectivity index (χ2n) is 5.49. The van der Waals surface area contributed by atoms with Crippen molar-refractivity contribution in [2.45, 2.75) is 38.5 Å². The summed E-state index contributed by atoms with van der Waals surface area (Å²) in [4.78, 5) is 14.3. The molecule has 2 N–H and O–H groups in total. The zero-order chi connectivity index (χ0) is 12.5. The van der Waals surface area contributed by atoms with Gasteiger partial charge < -0.3 is 10.6 Å². The van der Waals surface area contributed by atoms with Crippen molar-refractivity contribution in [3.05, 3.63) is 23.8 Å². The van der Waals surface area contributed by atoms with Gasteiger partial charge >= 0.3 is 0 Å². The Morgan fingerprint density at radius 2 is 2.11 bits per heavy atom. The van der Waals surface area contributed by atoms with Gasteiger partial charge in [0.05, 0.1) is 0 Å². The van der Waals surface area contributed by atoms with Gasteiger partial charge in [0.15, 0.2) is 0 Å². The first kappa shape index (κ1) is 14.2. The molecule has 0 spiro atoms. The quantitative estimate of drug-likeness (QED) is 0.846. The average molecular weight is 281 g/mol. The lowest BCUT2D eigenvalue weighted by molar-refractivity contribution is -0.120. The Balaban J connectivity index is 0.00000133. The summed E-state index contributed by atoms with van der Waals surface area (Å²) in [5, 5.41) is 0. The van der Waals surface area contributed by atoms with E-state index < -0.39 is 0 Å². The van der Waals surface area contributed by atoms with Crippen molar-refractivity contribution in [3.8, 4) is 0 Å². The van der Waals surface area contributed by atoms with Gasteiger partial charge in [-0.1, -0.05) is 12.5 Å². The van der Waals surface area contributed by atoms with Gasteiger partial charge in [-0.3, -0.25) is 4.79 Å². The van der Waals surface area contributed by atoms with Crippen LogP contribution in [0.3, 0.4) is 0 Å². The number of carbonyl (C=O) groups is 1. The molecule has 1 aliphatic heterocycles.